The van der Waals surface area contributed by atoms with Gasteiger partial charge in [0, 0.05) is 6.54 Å². The second kappa shape index (κ2) is 5.89. The number of benzene rings is 2. The highest BCUT2D eigenvalue weighted by Gasteiger charge is 2.06. The van der Waals surface area contributed by atoms with E-state index in [1.54, 1.807) is 6.07 Å². The van der Waals surface area contributed by atoms with Crippen LogP contribution in [0, 0.1) is 6.92 Å². The van der Waals surface area contributed by atoms with Crippen LogP contribution in [0.2, 0.25) is 0 Å². The summed E-state index contributed by atoms with van der Waals surface area (Å²) in [7, 11) is 0. The van der Waals surface area contributed by atoms with Gasteiger partial charge in [-0.05, 0) is 30.2 Å². The third-order valence-electron chi connectivity index (χ3n) is 3.52. The number of rotatable bonds is 4. The highest BCUT2D eigenvalue weighted by molar-refractivity contribution is 5.81. The third kappa shape index (κ3) is 3.25. The Morgan fingerprint density at radius 2 is 1.86 bits per heavy atom. The summed E-state index contributed by atoms with van der Waals surface area (Å²) in [5.41, 5.74) is 4.34. The lowest BCUT2D eigenvalue weighted by Crippen LogP contribution is -2.24. The van der Waals surface area contributed by atoms with Gasteiger partial charge in [0.1, 0.15) is 0 Å². The second-order valence-corrected chi connectivity index (χ2v) is 5.40. The van der Waals surface area contributed by atoms with Gasteiger partial charge in [0.2, 0.25) is 5.91 Å². The summed E-state index contributed by atoms with van der Waals surface area (Å²) in [6.07, 6.45) is 0.287. The van der Waals surface area contributed by atoms with E-state index in [1.807, 2.05) is 37.3 Å². The Bertz CT molecular complexity index is 877. The number of amides is 1. The number of carbonyl (C=O) groups is 1. The molecule has 112 valence electrons. The smallest absolute Gasteiger partial charge is 0.323 e. The van der Waals surface area contributed by atoms with Crippen LogP contribution in [-0.4, -0.2) is 15.9 Å². The Labute approximate surface area is 127 Å². The monoisotopic (exact) mass is 295 g/mol. The first kappa shape index (κ1) is 14.1. The first-order valence-corrected chi connectivity index (χ1v) is 7.13. The van der Waals surface area contributed by atoms with Crippen LogP contribution in [0.4, 0.5) is 0 Å². The van der Waals surface area contributed by atoms with E-state index in [0.717, 1.165) is 16.6 Å². The number of hydrogen-bond donors (Lipinski definition) is 3. The Hall–Kier alpha value is -2.82. The summed E-state index contributed by atoms with van der Waals surface area (Å²) in [5, 5.41) is 2.91. The number of aryl methyl sites for hydroxylation is 1. The quantitative estimate of drug-likeness (QED) is 0.688. The normalized spacial score (nSPS) is 10.8. The van der Waals surface area contributed by atoms with E-state index in [4.69, 9.17) is 0 Å². The molecule has 0 bridgehead atoms. The highest BCUT2D eigenvalue weighted by Crippen LogP contribution is 2.11. The minimum Gasteiger partial charge on any atom is -0.352 e. The third-order valence-corrected chi connectivity index (χ3v) is 3.52. The van der Waals surface area contributed by atoms with Crippen molar-refractivity contribution in [3.8, 4) is 0 Å². The zero-order valence-electron chi connectivity index (χ0n) is 12.3. The van der Waals surface area contributed by atoms with E-state index >= 15 is 0 Å². The number of aromatic amines is 2. The molecule has 3 rings (SSSR count). The van der Waals surface area contributed by atoms with Crippen molar-refractivity contribution in [3.63, 3.8) is 0 Å². The van der Waals surface area contributed by atoms with E-state index in [0.29, 0.717) is 12.1 Å². The van der Waals surface area contributed by atoms with Crippen LogP contribution in [0.15, 0.2) is 47.3 Å². The van der Waals surface area contributed by atoms with Gasteiger partial charge in [-0.15, -0.1) is 0 Å². The molecule has 5 heteroatoms. The van der Waals surface area contributed by atoms with Crippen molar-refractivity contribution in [1.82, 2.24) is 15.3 Å². The van der Waals surface area contributed by atoms with Gasteiger partial charge in [-0.3, -0.25) is 4.79 Å². The molecule has 0 atom stereocenters. The van der Waals surface area contributed by atoms with Crippen molar-refractivity contribution in [2.75, 3.05) is 0 Å². The van der Waals surface area contributed by atoms with Gasteiger partial charge in [0.25, 0.3) is 0 Å². The number of hydrogen-bond acceptors (Lipinski definition) is 2. The number of carbonyl (C=O) groups excluding carboxylic acids is 1. The maximum Gasteiger partial charge on any atom is 0.323 e. The molecule has 1 aromatic heterocycles. The molecule has 0 radical (unpaired) electrons. The van der Waals surface area contributed by atoms with Gasteiger partial charge in [-0.2, -0.15) is 0 Å². The number of aromatic nitrogens is 2. The molecular formula is C17H17N3O2. The fourth-order valence-corrected chi connectivity index (χ4v) is 2.46. The van der Waals surface area contributed by atoms with Crippen molar-refractivity contribution >= 4 is 16.9 Å². The fourth-order valence-electron chi connectivity index (χ4n) is 2.46. The summed E-state index contributed by atoms with van der Waals surface area (Å²) in [5.74, 6) is -0.0428. The van der Waals surface area contributed by atoms with Crippen LogP contribution in [-0.2, 0) is 17.8 Å². The zero-order valence-corrected chi connectivity index (χ0v) is 12.3. The largest absolute Gasteiger partial charge is 0.352 e. The van der Waals surface area contributed by atoms with Crippen LogP contribution in [0.5, 0.6) is 0 Å². The number of fused-ring (bicyclic) bond motifs is 1. The Morgan fingerprint density at radius 3 is 2.68 bits per heavy atom. The molecule has 0 saturated heterocycles. The maximum atomic E-state index is 12.0. The Morgan fingerprint density at radius 1 is 1.05 bits per heavy atom. The topological polar surface area (TPSA) is 77.8 Å². The summed E-state index contributed by atoms with van der Waals surface area (Å²) in [6, 6.07) is 13.5. The SMILES string of the molecule is Cc1cccc(CNC(=O)Cc2ccc3[nH]c(=O)[nH]c3c2)c1. The maximum absolute atomic E-state index is 12.0. The van der Waals surface area contributed by atoms with Gasteiger partial charge < -0.3 is 15.3 Å². The predicted molar refractivity (Wildman–Crippen MR) is 85.6 cm³/mol. The van der Waals surface area contributed by atoms with Gasteiger partial charge in [0.05, 0.1) is 17.5 Å². The molecule has 0 aliphatic carbocycles. The van der Waals surface area contributed by atoms with Crippen LogP contribution in [0.1, 0.15) is 16.7 Å². The predicted octanol–water partition coefficient (Wildman–Crippen LogP) is 2.02. The Kier molecular flexibility index (Phi) is 3.78. The molecule has 0 unspecified atom stereocenters. The molecule has 2 aromatic carbocycles. The number of imidazole rings is 1. The molecule has 5 nitrogen and oxygen atoms in total. The van der Waals surface area contributed by atoms with Gasteiger partial charge in [0.15, 0.2) is 0 Å². The zero-order chi connectivity index (χ0) is 15.5. The van der Waals surface area contributed by atoms with Gasteiger partial charge in [-0.1, -0.05) is 35.9 Å². The highest BCUT2D eigenvalue weighted by atomic mass is 16.1. The van der Waals surface area contributed by atoms with Crippen LogP contribution < -0.4 is 11.0 Å². The number of nitrogens with one attached hydrogen (secondary N) is 3. The summed E-state index contributed by atoms with van der Waals surface area (Å²) >= 11 is 0. The fraction of sp³-hybridized carbons (Fsp3) is 0.176. The molecule has 0 aliphatic rings. The minimum absolute atomic E-state index is 0.0428. The van der Waals surface area contributed by atoms with E-state index in [-0.39, 0.29) is 18.0 Å². The van der Waals surface area contributed by atoms with Crippen molar-refractivity contribution < 1.29 is 4.79 Å². The Balaban J connectivity index is 1.64. The van der Waals surface area contributed by atoms with Crippen LogP contribution in [0.25, 0.3) is 11.0 Å². The van der Waals surface area contributed by atoms with E-state index in [1.165, 1.54) is 5.56 Å². The lowest BCUT2D eigenvalue weighted by atomic mass is 10.1. The average molecular weight is 295 g/mol. The van der Waals surface area contributed by atoms with Crippen molar-refractivity contribution in [3.05, 3.63) is 69.6 Å². The van der Waals surface area contributed by atoms with Crippen molar-refractivity contribution in [2.45, 2.75) is 19.9 Å². The first-order valence-electron chi connectivity index (χ1n) is 7.13. The molecule has 0 aliphatic heterocycles. The van der Waals surface area contributed by atoms with Crippen molar-refractivity contribution in [1.29, 1.82) is 0 Å². The van der Waals surface area contributed by atoms with Crippen molar-refractivity contribution in [2.24, 2.45) is 0 Å². The van der Waals surface area contributed by atoms with Crippen LogP contribution >= 0.6 is 0 Å². The molecular weight excluding hydrogens is 278 g/mol. The summed E-state index contributed by atoms with van der Waals surface area (Å²) < 4.78 is 0. The van der Waals surface area contributed by atoms with E-state index in [2.05, 4.69) is 21.4 Å². The standard InChI is InChI=1S/C17H17N3O2/c1-11-3-2-4-13(7-11)10-18-16(21)9-12-5-6-14-15(8-12)20-17(22)19-14/h2-8H,9-10H2,1H3,(H,18,21)(H2,19,20,22). The first-order chi connectivity index (χ1) is 10.6. The second-order valence-electron chi connectivity index (χ2n) is 5.40. The lowest BCUT2D eigenvalue weighted by molar-refractivity contribution is -0.120. The molecule has 1 amide bonds. The summed E-state index contributed by atoms with van der Waals surface area (Å²) in [4.78, 5) is 28.6. The van der Waals surface area contributed by atoms with Crippen LogP contribution in [0.3, 0.4) is 0 Å². The molecule has 0 saturated carbocycles. The average Bonchev–Trinajstić information content (AvgIpc) is 2.84. The lowest BCUT2D eigenvalue weighted by Gasteiger charge is -2.06. The molecule has 3 N–H and O–H groups in total. The molecule has 1 heterocycles. The van der Waals surface area contributed by atoms with Gasteiger partial charge in [-0.25, -0.2) is 4.79 Å². The molecule has 0 spiro atoms. The number of H-pyrrole nitrogens is 2. The molecule has 3 aromatic rings. The summed E-state index contributed by atoms with van der Waals surface area (Å²) in [6.45, 7) is 2.54. The minimum atomic E-state index is -0.240. The molecule has 0 fully saturated rings. The van der Waals surface area contributed by atoms with E-state index in [9.17, 15) is 9.59 Å². The molecule has 22 heavy (non-hydrogen) atoms. The van der Waals surface area contributed by atoms with Gasteiger partial charge >= 0.3 is 5.69 Å². The van der Waals surface area contributed by atoms with E-state index < -0.39 is 0 Å².